The van der Waals surface area contributed by atoms with Gasteiger partial charge in [0.2, 0.25) is 0 Å². The normalized spacial score (nSPS) is 25.6. The van der Waals surface area contributed by atoms with Gasteiger partial charge in [-0.05, 0) is 25.1 Å². The minimum Gasteiger partial charge on any atom is -0.489 e. The van der Waals surface area contributed by atoms with Gasteiger partial charge in [0.1, 0.15) is 17.7 Å². The first-order valence-electron chi connectivity index (χ1n) is 6.61. The third kappa shape index (κ3) is 2.37. The molecule has 2 nitrogen and oxygen atoms in total. The van der Waals surface area contributed by atoms with Gasteiger partial charge in [-0.15, -0.1) is 0 Å². The quantitative estimate of drug-likeness (QED) is 0.886. The molecule has 0 spiro atoms. The molecule has 0 aromatic heterocycles. The molecule has 100 valence electrons. The number of hydrogen-bond acceptors (Lipinski definition) is 2. The Labute approximate surface area is 109 Å². The van der Waals surface area contributed by atoms with Crippen LogP contribution in [0.15, 0.2) is 18.2 Å². The van der Waals surface area contributed by atoms with E-state index in [2.05, 4.69) is 26.1 Å². The summed E-state index contributed by atoms with van der Waals surface area (Å²) in [5.74, 6) is 0.430. The lowest BCUT2D eigenvalue weighted by molar-refractivity contribution is -0.0545. The summed E-state index contributed by atoms with van der Waals surface area (Å²) >= 11 is 0. The van der Waals surface area contributed by atoms with Crippen molar-refractivity contribution in [3.63, 3.8) is 0 Å². The molecule has 0 bridgehead atoms. The van der Waals surface area contributed by atoms with Crippen LogP contribution in [0.25, 0.3) is 0 Å². The van der Waals surface area contributed by atoms with Gasteiger partial charge in [-0.2, -0.15) is 0 Å². The van der Waals surface area contributed by atoms with Gasteiger partial charge in [0.15, 0.2) is 0 Å². The van der Waals surface area contributed by atoms with Crippen LogP contribution in [-0.4, -0.2) is 18.7 Å². The van der Waals surface area contributed by atoms with E-state index >= 15 is 0 Å². The Kier molecular flexibility index (Phi) is 3.62. The standard InChI is InChI=1S/C15H22FNO/c1-5-17-13-9-14(15(13,3)4)18-12-8-11(16)7-6-10(12)2/h6-8,13-14,17H,5,9H2,1-4H3. The van der Waals surface area contributed by atoms with Crippen molar-refractivity contribution in [3.05, 3.63) is 29.6 Å². The van der Waals surface area contributed by atoms with Crippen LogP contribution in [0.2, 0.25) is 0 Å². The first-order chi connectivity index (χ1) is 8.45. The summed E-state index contributed by atoms with van der Waals surface area (Å²) < 4.78 is 19.2. The van der Waals surface area contributed by atoms with E-state index in [0.29, 0.717) is 11.8 Å². The molecule has 1 saturated carbocycles. The Morgan fingerprint density at radius 2 is 2.17 bits per heavy atom. The van der Waals surface area contributed by atoms with Gasteiger partial charge >= 0.3 is 0 Å². The summed E-state index contributed by atoms with van der Waals surface area (Å²) in [4.78, 5) is 0. The molecule has 1 aliphatic carbocycles. The molecule has 1 aromatic rings. The summed E-state index contributed by atoms with van der Waals surface area (Å²) in [5, 5.41) is 3.46. The molecular weight excluding hydrogens is 229 g/mol. The summed E-state index contributed by atoms with van der Waals surface area (Å²) in [7, 11) is 0. The monoisotopic (exact) mass is 251 g/mol. The first-order valence-corrected chi connectivity index (χ1v) is 6.61. The highest BCUT2D eigenvalue weighted by molar-refractivity contribution is 5.33. The lowest BCUT2D eigenvalue weighted by Gasteiger charge is -2.51. The molecule has 0 amide bonds. The maximum atomic E-state index is 13.2. The molecule has 2 rings (SSSR count). The number of ether oxygens (including phenoxy) is 1. The van der Waals surface area contributed by atoms with Crippen molar-refractivity contribution in [1.29, 1.82) is 0 Å². The van der Waals surface area contributed by atoms with Crippen molar-refractivity contribution >= 4 is 0 Å². The van der Waals surface area contributed by atoms with Crippen LogP contribution < -0.4 is 10.1 Å². The molecule has 2 unspecified atom stereocenters. The van der Waals surface area contributed by atoms with Crippen molar-refractivity contribution in [1.82, 2.24) is 5.32 Å². The highest BCUT2D eigenvalue weighted by Crippen LogP contribution is 2.43. The van der Waals surface area contributed by atoms with Crippen molar-refractivity contribution in [3.8, 4) is 5.75 Å². The average molecular weight is 251 g/mol. The van der Waals surface area contributed by atoms with Gasteiger partial charge in [0.25, 0.3) is 0 Å². The second-order valence-corrected chi connectivity index (χ2v) is 5.68. The molecule has 18 heavy (non-hydrogen) atoms. The summed E-state index contributed by atoms with van der Waals surface area (Å²) in [6.45, 7) is 9.43. The third-order valence-corrected chi connectivity index (χ3v) is 4.05. The van der Waals surface area contributed by atoms with Gasteiger partial charge in [0.05, 0.1) is 0 Å². The number of halogens is 1. The lowest BCUT2D eigenvalue weighted by atomic mass is 9.64. The van der Waals surface area contributed by atoms with E-state index < -0.39 is 0 Å². The van der Waals surface area contributed by atoms with Gasteiger partial charge in [-0.3, -0.25) is 0 Å². The minimum atomic E-state index is -0.240. The molecule has 1 fully saturated rings. The van der Waals surface area contributed by atoms with Crippen LogP contribution in [0.1, 0.15) is 32.8 Å². The molecule has 0 heterocycles. The van der Waals surface area contributed by atoms with Crippen molar-refractivity contribution in [2.45, 2.75) is 46.3 Å². The van der Waals surface area contributed by atoms with Crippen molar-refractivity contribution in [2.24, 2.45) is 5.41 Å². The zero-order valence-corrected chi connectivity index (χ0v) is 11.6. The summed E-state index contributed by atoms with van der Waals surface area (Å²) in [6, 6.07) is 5.20. The van der Waals surface area contributed by atoms with E-state index in [1.165, 1.54) is 12.1 Å². The summed E-state index contributed by atoms with van der Waals surface area (Å²) in [5.41, 5.74) is 1.08. The molecule has 1 aliphatic rings. The van der Waals surface area contributed by atoms with E-state index in [4.69, 9.17) is 4.74 Å². The molecule has 0 radical (unpaired) electrons. The fraction of sp³-hybridized carbons (Fsp3) is 0.600. The average Bonchev–Trinajstić information content (AvgIpc) is 2.32. The zero-order chi connectivity index (χ0) is 13.3. The van der Waals surface area contributed by atoms with Crippen LogP contribution in [0.3, 0.4) is 0 Å². The van der Waals surface area contributed by atoms with Crippen LogP contribution in [0.5, 0.6) is 5.75 Å². The lowest BCUT2D eigenvalue weighted by Crippen LogP contribution is -2.62. The maximum Gasteiger partial charge on any atom is 0.126 e. The van der Waals surface area contributed by atoms with Gasteiger partial charge in [0, 0.05) is 23.9 Å². The summed E-state index contributed by atoms with van der Waals surface area (Å²) in [6.07, 6.45) is 1.14. The van der Waals surface area contributed by atoms with Gasteiger partial charge < -0.3 is 10.1 Å². The number of benzene rings is 1. The second-order valence-electron chi connectivity index (χ2n) is 5.68. The molecule has 1 aromatic carbocycles. The molecule has 1 N–H and O–H groups in total. The Morgan fingerprint density at radius 1 is 1.44 bits per heavy atom. The molecular formula is C15H22FNO. The van der Waals surface area contributed by atoms with Crippen molar-refractivity contribution < 1.29 is 9.13 Å². The molecule has 3 heteroatoms. The SMILES string of the molecule is CCNC1CC(Oc2cc(F)ccc2C)C1(C)C. The maximum absolute atomic E-state index is 13.2. The van der Waals surface area contributed by atoms with E-state index in [1.807, 2.05) is 6.92 Å². The zero-order valence-electron chi connectivity index (χ0n) is 11.6. The highest BCUT2D eigenvalue weighted by Gasteiger charge is 2.49. The Balaban J connectivity index is 2.05. The van der Waals surface area contributed by atoms with E-state index in [0.717, 1.165) is 18.5 Å². The van der Waals surface area contributed by atoms with Crippen molar-refractivity contribution in [2.75, 3.05) is 6.54 Å². The number of nitrogens with one attached hydrogen (secondary N) is 1. The molecule has 0 aliphatic heterocycles. The topological polar surface area (TPSA) is 21.3 Å². The third-order valence-electron chi connectivity index (χ3n) is 4.05. The van der Waals surface area contributed by atoms with Crippen LogP contribution in [-0.2, 0) is 0 Å². The van der Waals surface area contributed by atoms with Crippen LogP contribution >= 0.6 is 0 Å². The van der Waals surface area contributed by atoms with Gasteiger partial charge in [-0.25, -0.2) is 4.39 Å². The smallest absolute Gasteiger partial charge is 0.126 e. The van der Waals surface area contributed by atoms with E-state index in [1.54, 1.807) is 6.07 Å². The minimum absolute atomic E-state index is 0.0920. The molecule has 2 atom stereocenters. The number of hydrogen-bond donors (Lipinski definition) is 1. The molecule has 0 saturated heterocycles. The predicted octanol–water partition coefficient (Wildman–Crippen LogP) is 3.29. The number of aryl methyl sites for hydroxylation is 1. The van der Waals surface area contributed by atoms with Crippen LogP contribution in [0, 0.1) is 18.2 Å². The predicted molar refractivity (Wildman–Crippen MR) is 71.4 cm³/mol. The second kappa shape index (κ2) is 4.88. The largest absolute Gasteiger partial charge is 0.489 e. The highest BCUT2D eigenvalue weighted by atomic mass is 19.1. The Bertz CT molecular complexity index is 431. The van der Waals surface area contributed by atoms with Gasteiger partial charge in [-0.1, -0.05) is 26.8 Å². The fourth-order valence-electron chi connectivity index (χ4n) is 2.53. The Morgan fingerprint density at radius 3 is 2.78 bits per heavy atom. The van der Waals surface area contributed by atoms with E-state index in [9.17, 15) is 4.39 Å². The van der Waals surface area contributed by atoms with E-state index in [-0.39, 0.29) is 17.3 Å². The first kappa shape index (κ1) is 13.3. The fourth-order valence-corrected chi connectivity index (χ4v) is 2.53. The van der Waals surface area contributed by atoms with Crippen LogP contribution in [0.4, 0.5) is 4.39 Å². The Hall–Kier alpha value is -1.09. The number of rotatable bonds is 4.